The molecule has 2 aliphatic rings. The maximum atomic E-state index is 12.8. The number of ketones is 1. The van der Waals surface area contributed by atoms with Crippen molar-refractivity contribution in [3.63, 3.8) is 0 Å². The molecular formula is C17H17NO6. The van der Waals surface area contributed by atoms with Gasteiger partial charge in [-0.15, -0.1) is 0 Å². The van der Waals surface area contributed by atoms with Crippen molar-refractivity contribution in [3.05, 3.63) is 35.4 Å². The Hall–Kier alpha value is -2.70. The minimum atomic E-state index is -1.41. The lowest BCUT2D eigenvalue weighted by Crippen LogP contribution is -2.40. The molecule has 1 atom stereocenters. The van der Waals surface area contributed by atoms with E-state index in [0.717, 1.165) is 10.5 Å². The zero-order valence-electron chi connectivity index (χ0n) is 13.2. The first-order valence-corrected chi connectivity index (χ1v) is 7.68. The fourth-order valence-electron chi connectivity index (χ4n) is 3.30. The number of nitrogens with zero attached hydrogens (tertiary/aromatic N) is 1. The Labute approximate surface area is 138 Å². The summed E-state index contributed by atoms with van der Waals surface area (Å²) in [5, 5.41) is 0. The number of esters is 1. The third-order valence-electron chi connectivity index (χ3n) is 4.59. The SMILES string of the molecule is COC(=O)C1(CCC(=O)N2CCOC2=O)Cc2ccccc2C1=O. The van der Waals surface area contributed by atoms with Crippen molar-refractivity contribution in [2.45, 2.75) is 19.3 Å². The Morgan fingerprint density at radius 1 is 1.29 bits per heavy atom. The molecule has 0 bridgehead atoms. The summed E-state index contributed by atoms with van der Waals surface area (Å²) in [7, 11) is 1.22. The molecule has 2 amide bonds. The number of cyclic esters (lactones) is 1. The van der Waals surface area contributed by atoms with Crippen molar-refractivity contribution in [3.8, 4) is 0 Å². The number of fused-ring (bicyclic) bond motifs is 1. The topological polar surface area (TPSA) is 90.0 Å². The smallest absolute Gasteiger partial charge is 0.416 e. The van der Waals surface area contributed by atoms with Crippen molar-refractivity contribution in [2.24, 2.45) is 5.41 Å². The number of methoxy groups -OCH3 is 1. The largest absolute Gasteiger partial charge is 0.468 e. The Morgan fingerprint density at radius 2 is 2.04 bits per heavy atom. The number of imide groups is 1. The van der Waals surface area contributed by atoms with Crippen LogP contribution in [0.25, 0.3) is 0 Å². The van der Waals surface area contributed by atoms with Gasteiger partial charge in [0.2, 0.25) is 5.91 Å². The number of rotatable bonds is 4. The Balaban J connectivity index is 1.81. The number of hydrogen-bond donors (Lipinski definition) is 0. The highest BCUT2D eigenvalue weighted by Gasteiger charge is 2.52. The van der Waals surface area contributed by atoms with Gasteiger partial charge in [-0.25, -0.2) is 9.69 Å². The number of carbonyl (C=O) groups is 4. The molecule has 0 radical (unpaired) electrons. The average Bonchev–Trinajstić information content (AvgIpc) is 3.14. The molecule has 3 rings (SSSR count). The number of hydrogen-bond acceptors (Lipinski definition) is 6. The summed E-state index contributed by atoms with van der Waals surface area (Å²) in [6.45, 7) is 0.355. The van der Waals surface area contributed by atoms with Crippen LogP contribution in [0.1, 0.15) is 28.8 Å². The van der Waals surface area contributed by atoms with Crippen molar-refractivity contribution >= 4 is 23.8 Å². The van der Waals surface area contributed by atoms with Gasteiger partial charge in [-0.2, -0.15) is 0 Å². The van der Waals surface area contributed by atoms with Gasteiger partial charge < -0.3 is 9.47 Å². The van der Waals surface area contributed by atoms with E-state index in [0.29, 0.717) is 5.56 Å². The van der Waals surface area contributed by atoms with Gasteiger partial charge in [0.05, 0.1) is 13.7 Å². The highest BCUT2D eigenvalue weighted by molar-refractivity contribution is 6.16. The van der Waals surface area contributed by atoms with Crippen LogP contribution >= 0.6 is 0 Å². The van der Waals surface area contributed by atoms with Crippen LogP contribution in [0.5, 0.6) is 0 Å². The lowest BCUT2D eigenvalue weighted by atomic mass is 9.79. The molecule has 1 aromatic rings. The monoisotopic (exact) mass is 331 g/mol. The molecule has 0 N–H and O–H groups in total. The third-order valence-corrected chi connectivity index (χ3v) is 4.59. The van der Waals surface area contributed by atoms with E-state index in [2.05, 4.69) is 0 Å². The van der Waals surface area contributed by atoms with Gasteiger partial charge in [-0.05, 0) is 18.4 Å². The maximum absolute atomic E-state index is 12.8. The van der Waals surface area contributed by atoms with E-state index >= 15 is 0 Å². The number of Topliss-reactive ketones (excluding diaryl/α,β-unsaturated/α-hetero) is 1. The van der Waals surface area contributed by atoms with Gasteiger partial charge in [0.1, 0.15) is 12.0 Å². The molecule has 0 spiro atoms. The summed E-state index contributed by atoms with van der Waals surface area (Å²) < 4.78 is 9.57. The lowest BCUT2D eigenvalue weighted by molar-refractivity contribution is -0.150. The van der Waals surface area contributed by atoms with E-state index < -0.39 is 23.4 Å². The molecule has 24 heavy (non-hydrogen) atoms. The zero-order chi connectivity index (χ0) is 17.3. The standard InChI is InChI=1S/C17H17NO6/c1-23-15(21)17(7-6-13(19)18-8-9-24-16(18)22)10-11-4-2-3-5-12(11)14(17)20/h2-5H,6-10H2,1H3. The fraction of sp³-hybridized carbons (Fsp3) is 0.412. The summed E-state index contributed by atoms with van der Waals surface area (Å²) in [5.41, 5.74) is -0.158. The third kappa shape index (κ3) is 2.46. The van der Waals surface area contributed by atoms with Crippen LogP contribution < -0.4 is 0 Å². The van der Waals surface area contributed by atoms with Gasteiger partial charge in [-0.3, -0.25) is 14.4 Å². The second-order valence-corrected chi connectivity index (χ2v) is 5.90. The van der Waals surface area contributed by atoms with Gasteiger partial charge in [-0.1, -0.05) is 24.3 Å². The van der Waals surface area contributed by atoms with Crippen LogP contribution in [-0.4, -0.2) is 48.9 Å². The molecular weight excluding hydrogens is 314 g/mol. The number of ether oxygens (including phenoxy) is 2. The van der Waals surface area contributed by atoms with Crippen molar-refractivity contribution in [1.29, 1.82) is 0 Å². The van der Waals surface area contributed by atoms with E-state index in [1.54, 1.807) is 24.3 Å². The maximum Gasteiger partial charge on any atom is 0.416 e. The molecule has 1 aromatic carbocycles. The van der Waals surface area contributed by atoms with E-state index in [-0.39, 0.29) is 38.2 Å². The van der Waals surface area contributed by atoms with E-state index in [1.807, 2.05) is 0 Å². The minimum Gasteiger partial charge on any atom is -0.468 e. The first-order valence-electron chi connectivity index (χ1n) is 7.68. The summed E-state index contributed by atoms with van der Waals surface area (Å²) in [5.74, 6) is -1.44. The average molecular weight is 331 g/mol. The molecule has 7 nitrogen and oxygen atoms in total. The van der Waals surface area contributed by atoms with Crippen LogP contribution in [0.3, 0.4) is 0 Å². The first kappa shape index (κ1) is 16.2. The Bertz CT molecular complexity index is 728. The molecule has 7 heteroatoms. The fourth-order valence-corrected chi connectivity index (χ4v) is 3.30. The summed E-state index contributed by atoms with van der Waals surface area (Å²) in [4.78, 5) is 49.8. The molecule has 1 unspecified atom stereocenters. The predicted octanol–water partition coefficient (Wildman–Crippen LogP) is 1.34. The van der Waals surface area contributed by atoms with Crippen molar-refractivity contribution in [1.82, 2.24) is 4.90 Å². The van der Waals surface area contributed by atoms with Gasteiger partial charge in [0.15, 0.2) is 5.78 Å². The van der Waals surface area contributed by atoms with E-state index in [1.165, 1.54) is 7.11 Å². The summed E-state index contributed by atoms with van der Waals surface area (Å²) >= 11 is 0. The summed E-state index contributed by atoms with van der Waals surface area (Å²) in [6.07, 6.45) is -0.597. The van der Waals surface area contributed by atoms with Gasteiger partial charge in [0, 0.05) is 12.0 Å². The molecule has 1 saturated heterocycles. The second kappa shape index (κ2) is 6.07. The van der Waals surface area contributed by atoms with E-state index in [9.17, 15) is 19.2 Å². The normalized spacial score (nSPS) is 22.3. The lowest BCUT2D eigenvalue weighted by Gasteiger charge is -2.24. The highest BCUT2D eigenvalue weighted by atomic mass is 16.6. The molecule has 1 fully saturated rings. The van der Waals surface area contributed by atoms with Crippen molar-refractivity contribution in [2.75, 3.05) is 20.3 Å². The van der Waals surface area contributed by atoms with Gasteiger partial charge >= 0.3 is 12.1 Å². The van der Waals surface area contributed by atoms with Crippen LogP contribution in [-0.2, 0) is 25.5 Å². The molecule has 1 heterocycles. The molecule has 1 aliphatic heterocycles. The Morgan fingerprint density at radius 3 is 2.67 bits per heavy atom. The quantitative estimate of drug-likeness (QED) is 0.611. The zero-order valence-corrected chi connectivity index (χ0v) is 13.2. The van der Waals surface area contributed by atoms with Crippen LogP contribution in [0, 0.1) is 5.41 Å². The first-order chi connectivity index (χ1) is 11.5. The van der Waals surface area contributed by atoms with Gasteiger partial charge in [0.25, 0.3) is 0 Å². The van der Waals surface area contributed by atoms with Crippen LogP contribution in [0.2, 0.25) is 0 Å². The van der Waals surface area contributed by atoms with Crippen LogP contribution in [0.4, 0.5) is 4.79 Å². The van der Waals surface area contributed by atoms with E-state index in [4.69, 9.17) is 9.47 Å². The predicted molar refractivity (Wildman–Crippen MR) is 81.2 cm³/mol. The second-order valence-electron chi connectivity index (χ2n) is 5.90. The highest BCUT2D eigenvalue weighted by Crippen LogP contribution is 2.41. The molecule has 0 saturated carbocycles. The number of benzene rings is 1. The summed E-state index contributed by atoms with van der Waals surface area (Å²) in [6, 6.07) is 6.99. The van der Waals surface area contributed by atoms with Crippen molar-refractivity contribution < 1.29 is 28.7 Å². The number of amides is 2. The molecule has 1 aliphatic carbocycles. The Kier molecular flexibility index (Phi) is 4.09. The number of carbonyl (C=O) groups excluding carboxylic acids is 4. The molecule has 0 aromatic heterocycles. The molecule has 126 valence electrons. The minimum absolute atomic E-state index is 0.00417. The van der Waals surface area contributed by atoms with Crippen LogP contribution in [0.15, 0.2) is 24.3 Å².